The minimum Gasteiger partial charge on any atom is -0.373 e. The number of sulfonamides is 1. The quantitative estimate of drug-likeness (QED) is 0.705. The van der Waals surface area contributed by atoms with Crippen LogP contribution in [0.1, 0.15) is 42.3 Å². The van der Waals surface area contributed by atoms with Crippen molar-refractivity contribution in [2.45, 2.75) is 50.8 Å². The van der Waals surface area contributed by atoms with Crippen molar-refractivity contribution in [3.05, 3.63) is 65.2 Å². The molecule has 1 saturated heterocycles. The van der Waals surface area contributed by atoms with Gasteiger partial charge in [0.2, 0.25) is 10.0 Å². The molecule has 162 valence electrons. The Morgan fingerprint density at radius 3 is 2.07 bits per heavy atom. The molecule has 2 aromatic rings. The Bertz CT molecular complexity index is 961. The molecule has 0 bridgehead atoms. The van der Waals surface area contributed by atoms with Crippen LogP contribution in [0.3, 0.4) is 0 Å². The SMILES string of the molecule is CCc1ccc(CN(C)C(=O)c2ccc(S(=O)(=O)N3CC(C)OC(C)C3)cc2)cc1. The molecule has 0 N–H and O–H groups in total. The Labute approximate surface area is 179 Å². The number of morpholine rings is 1. The Morgan fingerprint density at radius 2 is 1.53 bits per heavy atom. The number of hydrogen-bond acceptors (Lipinski definition) is 4. The number of hydrogen-bond donors (Lipinski definition) is 0. The normalized spacial score (nSPS) is 20.1. The fraction of sp³-hybridized carbons (Fsp3) is 0.435. The van der Waals surface area contributed by atoms with Crippen LogP contribution in [-0.4, -0.2) is 55.9 Å². The summed E-state index contributed by atoms with van der Waals surface area (Å²) in [5, 5.41) is 0. The van der Waals surface area contributed by atoms with E-state index in [1.54, 1.807) is 24.1 Å². The Morgan fingerprint density at radius 1 is 1.00 bits per heavy atom. The molecule has 1 aliphatic rings. The van der Waals surface area contributed by atoms with Gasteiger partial charge in [-0.3, -0.25) is 4.79 Å². The first-order valence-electron chi connectivity index (χ1n) is 10.3. The third-order valence-corrected chi connectivity index (χ3v) is 7.17. The molecule has 1 fully saturated rings. The largest absolute Gasteiger partial charge is 0.373 e. The summed E-state index contributed by atoms with van der Waals surface area (Å²) in [5.74, 6) is -0.146. The lowest BCUT2D eigenvalue weighted by Crippen LogP contribution is -2.48. The summed E-state index contributed by atoms with van der Waals surface area (Å²) in [6, 6.07) is 14.4. The fourth-order valence-corrected chi connectivity index (χ4v) is 5.28. The van der Waals surface area contributed by atoms with Gasteiger partial charge in [0.25, 0.3) is 5.91 Å². The summed E-state index contributed by atoms with van der Waals surface area (Å²) < 4.78 is 33.0. The van der Waals surface area contributed by atoms with E-state index in [4.69, 9.17) is 4.74 Å². The number of carbonyl (C=O) groups is 1. The Kier molecular flexibility index (Phi) is 6.95. The van der Waals surface area contributed by atoms with Gasteiger partial charge < -0.3 is 9.64 Å². The van der Waals surface area contributed by atoms with Crippen molar-refractivity contribution in [3.63, 3.8) is 0 Å². The van der Waals surface area contributed by atoms with Gasteiger partial charge in [0.1, 0.15) is 0 Å². The van der Waals surface area contributed by atoms with Crippen molar-refractivity contribution < 1.29 is 17.9 Å². The third kappa shape index (κ3) is 5.09. The molecule has 0 aliphatic carbocycles. The van der Waals surface area contributed by atoms with Crippen molar-refractivity contribution >= 4 is 15.9 Å². The van der Waals surface area contributed by atoms with Crippen LogP contribution in [0.4, 0.5) is 0 Å². The molecule has 2 atom stereocenters. The number of aryl methyl sites for hydroxylation is 1. The smallest absolute Gasteiger partial charge is 0.253 e. The lowest BCUT2D eigenvalue weighted by atomic mass is 10.1. The molecule has 2 aromatic carbocycles. The molecule has 0 radical (unpaired) electrons. The molecular weight excluding hydrogens is 400 g/mol. The van der Waals surface area contributed by atoms with E-state index in [9.17, 15) is 13.2 Å². The minimum absolute atomic E-state index is 0.146. The van der Waals surface area contributed by atoms with Gasteiger partial charge in [0, 0.05) is 32.2 Å². The van der Waals surface area contributed by atoms with Crippen LogP contribution in [-0.2, 0) is 27.7 Å². The fourth-order valence-electron chi connectivity index (χ4n) is 3.69. The minimum atomic E-state index is -3.62. The summed E-state index contributed by atoms with van der Waals surface area (Å²) >= 11 is 0. The summed E-state index contributed by atoms with van der Waals surface area (Å²) in [5.41, 5.74) is 2.77. The van der Waals surface area contributed by atoms with E-state index in [1.165, 1.54) is 22.0 Å². The summed E-state index contributed by atoms with van der Waals surface area (Å²) in [4.78, 5) is 14.6. The molecular formula is C23H30N2O4S. The van der Waals surface area contributed by atoms with Gasteiger partial charge in [0.05, 0.1) is 17.1 Å². The van der Waals surface area contributed by atoms with Crippen molar-refractivity contribution in [1.82, 2.24) is 9.21 Å². The second-order valence-corrected chi connectivity index (χ2v) is 9.87. The number of ether oxygens (including phenoxy) is 1. The first-order chi connectivity index (χ1) is 14.2. The molecule has 1 heterocycles. The van der Waals surface area contributed by atoms with E-state index in [-0.39, 0.29) is 23.0 Å². The van der Waals surface area contributed by atoms with E-state index in [0.29, 0.717) is 25.2 Å². The zero-order valence-corrected chi connectivity index (χ0v) is 18.9. The number of rotatable bonds is 6. The standard InChI is InChI=1S/C23H30N2O4S/c1-5-19-6-8-20(9-7-19)16-24(4)23(26)21-10-12-22(13-11-21)30(27,28)25-14-17(2)29-18(3)15-25/h6-13,17-18H,5,14-16H2,1-4H3. The van der Waals surface area contributed by atoms with Crippen molar-refractivity contribution in [3.8, 4) is 0 Å². The molecule has 0 saturated carbocycles. The molecule has 0 aromatic heterocycles. The van der Waals surface area contributed by atoms with Gasteiger partial charge in [-0.25, -0.2) is 8.42 Å². The van der Waals surface area contributed by atoms with Gasteiger partial charge >= 0.3 is 0 Å². The molecule has 6 nitrogen and oxygen atoms in total. The van der Waals surface area contributed by atoms with Crippen LogP contribution in [0.25, 0.3) is 0 Å². The lowest BCUT2D eigenvalue weighted by Gasteiger charge is -2.34. The van der Waals surface area contributed by atoms with Crippen LogP contribution < -0.4 is 0 Å². The highest BCUT2D eigenvalue weighted by molar-refractivity contribution is 7.89. The average Bonchev–Trinajstić information content (AvgIpc) is 2.73. The molecule has 2 unspecified atom stereocenters. The Balaban J connectivity index is 1.70. The van der Waals surface area contributed by atoms with Gasteiger partial charge in [-0.05, 0) is 55.7 Å². The van der Waals surface area contributed by atoms with Gasteiger partial charge in [0.15, 0.2) is 0 Å². The van der Waals surface area contributed by atoms with E-state index in [0.717, 1.165) is 12.0 Å². The van der Waals surface area contributed by atoms with Gasteiger partial charge in [-0.2, -0.15) is 4.31 Å². The maximum absolute atomic E-state index is 13.0. The highest BCUT2D eigenvalue weighted by Gasteiger charge is 2.32. The van der Waals surface area contributed by atoms with Crippen LogP contribution in [0, 0.1) is 0 Å². The summed E-state index contributed by atoms with van der Waals surface area (Å²) in [6.07, 6.45) is 0.681. The summed E-state index contributed by atoms with van der Waals surface area (Å²) in [6.45, 7) is 6.98. The number of carbonyl (C=O) groups excluding carboxylic acids is 1. The van der Waals surface area contributed by atoms with Crippen molar-refractivity contribution in [2.75, 3.05) is 20.1 Å². The number of nitrogens with zero attached hydrogens (tertiary/aromatic N) is 2. The number of amides is 1. The van der Waals surface area contributed by atoms with E-state index in [2.05, 4.69) is 19.1 Å². The second-order valence-electron chi connectivity index (χ2n) is 7.93. The molecule has 1 amide bonds. The first-order valence-corrected chi connectivity index (χ1v) is 11.7. The topological polar surface area (TPSA) is 66.9 Å². The molecule has 0 spiro atoms. The van der Waals surface area contributed by atoms with Gasteiger partial charge in [-0.15, -0.1) is 0 Å². The number of benzene rings is 2. The van der Waals surface area contributed by atoms with Crippen molar-refractivity contribution in [1.29, 1.82) is 0 Å². The van der Waals surface area contributed by atoms with Crippen LogP contribution >= 0.6 is 0 Å². The highest BCUT2D eigenvalue weighted by Crippen LogP contribution is 2.22. The third-order valence-electron chi connectivity index (χ3n) is 5.32. The van der Waals surface area contributed by atoms with E-state index < -0.39 is 10.0 Å². The van der Waals surface area contributed by atoms with Crippen LogP contribution in [0.5, 0.6) is 0 Å². The Hall–Kier alpha value is -2.22. The summed E-state index contributed by atoms with van der Waals surface area (Å²) in [7, 11) is -1.87. The average molecular weight is 431 g/mol. The predicted octanol–water partition coefficient (Wildman–Crippen LogP) is 3.32. The van der Waals surface area contributed by atoms with E-state index in [1.807, 2.05) is 26.0 Å². The zero-order valence-electron chi connectivity index (χ0n) is 18.0. The molecule has 30 heavy (non-hydrogen) atoms. The lowest BCUT2D eigenvalue weighted by molar-refractivity contribution is -0.0440. The monoisotopic (exact) mass is 430 g/mol. The maximum atomic E-state index is 13.0. The van der Waals surface area contributed by atoms with Crippen molar-refractivity contribution in [2.24, 2.45) is 0 Å². The molecule has 7 heteroatoms. The van der Waals surface area contributed by atoms with E-state index >= 15 is 0 Å². The molecule has 3 rings (SSSR count). The molecule has 1 aliphatic heterocycles. The zero-order chi connectivity index (χ0) is 21.9. The maximum Gasteiger partial charge on any atom is 0.253 e. The second kappa shape index (κ2) is 9.29. The van der Waals surface area contributed by atoms with Gasteiger partial charge in [-0.1, -0.05) is 31.2 Å². The highest BCUT2D eigenvalue weighted by atomic mass is 32.2. The predicted molar refractivity (Wildman–Crippen MR) is 117 cm³/mol. The first kappa shape index (κ1) is 22.5. The van der Waals surface area contributed by atoms with Crippen LogP contribution in [0.15, 0.2) is 53.4 Å². The van der Waals surface area contributed by atoms with Crippen LogP contribution in [0.2, 0.25) is 0 Å².